The number of carbonyl (C=O) groups is 1. The summed E-state index contributed by atoms with van der Waals surface area (Å²) in [4.78, 5) is 30.1. The lowest BCUT2D eigenvalue weighted by Crippen LogP contribution is -2.42. The van der Waals surface area contributed by atoms with E-state index in [2.05, 4.69) is 10.3 Å². The van der Waals surface area contributed by atoms with Crippen LogP contribution in [0, 0.1) is 0 Å². The zero-order valence-corrected chi connectivity index (χ0v) is 19.4. The molecule has 2 aromatic heterocycles. The number of amides is 1. The molecule has 0 fully saturated rings. The number of benzene rings is 2. The van der Waals surface area contributed by atoms with Gasteiger partial charge in [-0.05, 0) is 26.0 Å². The summed E-state index contributed by atoms with van der Waals surface area (Å²) in [6.07, 6.45) is 1.85. The van der Waals surface area contributed by atoms with E-state index in [1.54, 1.807) is 18.5 Å². The summed E-state index contributed by atoms with van der Waals surface area (Å²) >= 11 is 0. The second-order valence-electron chi connectivity index (χ2n) is 8.78. The van der Waals surface area contributed by atoms with E-state index in [0.717, 1.165) is 16.8 Å². The Labute approximate surface area is 201 Å². The number of para-hydroxylation sites is 1. The molecule has 2 N–H and O–H groups in total. The van der Waals surface area contributed by atoms with Crippen LogP contribution < -0.4 is 10.9 Å². The van der Waals surface area contributed by atoms with Crippen molar-refractivity contribution in [1.29, 1.82) is 0 Å². The lowest BCUT2D eigenvalue weighted by molar-refractivity contribution is -0.0566. The largest absolute Gasteiger partial charge is 0.501 e. The van der Waals surface area contributed by atoms with Crippen LogP contribution in [0.15, 0.2) is 71.7 Å². The van der Waals surface area contributed by atoms with Crippen molar-refractivity contribution >= 4 is 5.91 Å². The van der Waals surface area contributed by atoms with Gasteiger partial charge < -0.3 is 15.2 Å². The van der Waals surface area contributed by atoms with Crippen LogP contribution in [0.4, 0.5) is 0 Å². The molecule has 0 aliphatic carbocycles. The summed E-state index contributed by atoms with van der Waals surface area (Å²) in [6, 6.07) is 19.3. The Morgan fingerprint density at radius 1 is 1.11 bits per heavy atom. The van der Waals surface area contributed by atoms with E-state index < -0.39 is 22.8 Å². The van der Waals surface area contributed by atoms with Crippen molar-refractivity contribution in [2.75, 3.05) is 6.61 Å². The Balaban J connectivity index is 1.47. The lowest BCUT2D eigenvalue weighted by atomic mass is 10.1. The maximum absolute atomic E-state index is 13.1. The molecular formula is C26H25N5O4. The van der Waals surface area contributed by atoms with Gasteiger partial charge in [0, 0.05) is 23.9 Å². The van der Waals surface area contributed by atoms with Crippen molar-refractivity contribution in [3.8, 4) is 22.7 Å². The van der Waals surface area contributed by atoms with Gasteiger partial charge in [0.1, 0.15) is 11.4 Å². The molecule has 3 heterocycles. The fraction of sp³-hybridized carbons (Fsp3) is 0.231. The first-order chi connectivity index (χ1) is 16.8. The first-order valence-corrected chi connectivity index (χ1v) is 11.3. The van der Waals surface area contributed by atoms with Crippen molar-refractivity contribution in [3.63, 3.8) is 0 Å². The Kier molecular flexibility index (Phi) is 5.70. The number of hydrogen-bond acceptors (Lipinski definition) is 6. The summed E-state index contributed by atoms with van der Waals surface area (Å²) in [7, 11) is 0. The monoisotopic (exact) mass is 471 g/mol. The minimum Gasteiger partial charge on any atom is -0.501 e. The molecular weight excluding hydrogens is 446 g/mol. The van der Waals surface area contributed by atoms with Gasteiger partial charge in [0.2, 0.25) is 5.75 Å². The molecule has 2 aromatic carbocycles. The standard InChI is InChI=1S/C26H25N5O4/c1-26(2)25-28-21(22(32)24(34)30(25)13-14-35-26)23(33)27-15-18-16-31(19-11-7-4-8-12-19)29-20(18)17-9-5-3-6-10-17/h3-12,16,32H,13-15H2,1-2H3,(H,27,33). The number of fused-ring (bicyclic) bond motifs is 1. The Morgan fingerprint density at radius 2 is 1.80 bits per heavy atom. The van der Waals surface area contributed by atoms with E-state index in [9.17, 15) is 14.7 Å². The van der Waals surface area contributed by atoms with Gasteiger partial charge in [0.05, 0.1) is 24.5 Å². The molecule has 0 saturated heterocycles. The zero-order valence-electron chi connectivity index (χ0n) is 19.4. The molecule has 0 saturated carbocycles. The quantitative estimate of drug-likeness (QED) is 0.463. The van der Waals surface area contributed by atoms with Crippen LogP contribution in [-0.2, 0) is 23.4 Å². The number of carbonyl (C=O) groups excluding carboxylic acids is 1. The second kappa shape index (κ2) is 8.84. The summed E-state index contributed by atoms with van der Waals surface area (Å²) in [6.45, 7) is 4.25. The molecule has 35 heavy (non-hydrogen) atoms. The number of hydrogen-bond donors (Lipinski definition) is 2. The fourth-order valence-electron chi connectivity index (χ4n) is 4.18. The molecule has 0 unspecified atom stereocenters. The molecule has 0 bridgehead atoms. The van der Waals surface area contributed by atoms with E-state index >= 15 is 0 Å². The minimum absolute atomic E-state index is 0.120. The molecule has 0 radical (unpaired) electrons. The predicted octanol–water partition coefficient (Wildman–Crippen LogP) is 3.00. The van der Waals surface area contributed by atoms with Gasteiger partial charge in [-0.25, -0.2) is 9.67 Å². The number of nitrogens with one attached hydrogen (secondary N) is 1. The molecule has 178 valence electrons. The maximum Gasteiger partial charge on any atom is 0.296 e. The molecule has 0 spiro atoms. The minimum atomic E-state index is -0.864. The van der Waals surface area contributed by atoms with E-state index in [1.165, 1.54) is 4.57 Å². The molecule has 1 aliphatic rings. The van der Waals surface area contributed by atoms with Crippen LogP contribution in [0.2, 0.25) is 0 Å². The van der Waals surface area contributed by atoms with Crippen LogP contribution in [0.3, 0.4) is 0 Å². The van der Waals surface area contributed by atoms with Gasteiger partial charge in [0.15, 0.2) is 5.69 Å². The van der Waals surface area contributed by atoms with Gasteiger partial charge in [-0.1, -0.05) is 48.5 Å². The summed E-state index contributed by atoms with van der Waals surface area (Å²) < 4.78 is 8.82. The number of aromatic hydroxyl groups is 1. The van der Waals surface area contributed by atoms with Crippen molar-refractivity contribution < 1.29 is 14.6 Å². The van der Waals surface area contributed by atoms with Crippen molar-refractivity contribution in [1.82, 2.24) is 24.6 Å². The average Bonchev–Trinajstić information content (AvgIpc) is 3.30. The smallest absolute Gasteiger partial charge is 0.296 e. The van der Waals surface area contributed by atoms with E-state index in [4.69, 9.17) is 9.84 Å². The number of aromatic nitrogens is 4. The topological polar surface area (TPSA) is 111 Å². The fourth-order valence-corrected chi connectivity index (χ4v) is 4.18. The normalized spacial score (nSPS) is 14.3. The Hall–Kier alpha value is -4.24. The molecule has 5 rings (SSSR count). The van der Waals surface area contributed by atoms with Gasteiger partial charge in [-0.15, -0.1) is 0 Å². The Morgan fingerprint density at radius 3 is 2.51 bits per heavy atom. The highest BCUT2D eigenvalue weighted by molar-refractivity contribution is 5.94. The molecule has 1 aliphatic heterocycles. The van der Waals surface area contributed by atoms with Crippen LogP contribution in [0.5, 0.6) is 5.75 Å². The van der Waals surface area contributed by atoms with Crippen LogP contribution in [0.25, 0.3) is 16.9 Å². The van der Waals surface area contributed by atoms with Crippen molar-refractivity contribution in [3.05, 3.63) is 94.3 Å². The SMILES string of the molecule is CC1(C)OCCn2c1nc(C(=O)NCc1cn(-c3ccccc3)nc1-c1ccccc1)c(O)c2=O. The van der Waals surface area contributed by atoms with Crippen molar-refractivity contribution in [2.45, 2.75) is 32.5 Å². The maximum atomic E-state index is 13.1. The third-order valence-electron chi connectivity index (χ3n) is 5.97. The first kappa shape index (κ1) is 22.5. The van der Waals surface area contributed by atoms with E-state index in [-0.39, 0.29) is 18.8 Å². The van der Waals surface area contributed by atoms with Crippen LogP contribution in [0.1, 0.15) is 35.7 Å². The highest BCUT2D eigenvalue weighted by atomic mass is 16.5. The zero-order chi connectivity index (χ0) is 24.6. The predicted molar refractivity (Wildman–Crippen MR) is 129 cm³/mol. The number of nitrogens with zero attached hydrogens (tertiary/aromatic N) is 4. The number of rotatable bonds is 5. The van der Waals surface area contributed by atoms with Crippen molar-refractivity contribution in [2.24, 2.45) is 0 Å². The van der Waals surface area contributed by atoms with Gasteiger partial charge in [-0.3, -0.25) is 14.2 Å². The summed E-state index contributed by atoms with van der Waals surface area (Å²) in [5.74, 6) is -1.03. The third kappa shape index (κ3) is 4.22. The summed E-state index contributed by atoms with van der Waals surface area (Å²) in [5.41, 5.74) is 1.43. The number of ether oxygens (including phenoxy) is 1. The second-order valence-corrected chi connectivity index (χ2v) is 8.78. The molecule has 0 atom stereocenters. The first-order valence-electron chi connectivity index (χ1n) is 11.3. The molecule has 9 heteroatoms. The van der Waals surface area contributed by atoms with Gasteiger partial charge in [-0.2, -0.15) is 5.10 Å². The third-order valence-corrected chi connectivity index (χ3v) is 5.97. The van der Waals surface area contributed by atoms with Gasteiger partial charge in [0.25, 0.3) is 11.5 Å². The molecule has 4 aromatic rings. The molecule has 1 amide bonds. The summed E-state index contributed by atoms with van der Waals surface area (Å²) in [5, 5.41) is 18.0. The highest BCUT2D eigenvalue weighted by Crippen LogP contribution is 2.28. The van der Waals surface area contributed by atoms with Crippen LogP contribution in [-0.4, -0.2) is 37.0 Å². The van der Waals surface area contributed by atoms with Gasteiger partial charge >= 0.3 is 0 Å². The van der Waals surface area contributed by atoms with E-state index in [1.807, 2.05) is 66.9 Å². The highest BCUT2D eigenvalue weighted by Gasteiger charge is 2.34. The Bertz CT molecular complexity index is 1440. The van der Waals surface area contributed by atoms with E-state index in [0.29, 0.717) is 18.1 Å². The lowest BCUT2D eigenvalue weighted by Gasteiger charge is -2.32. The average molecular weight is 472 g/mol. The van der Waals surface area contributed by atoms with Crippen LogP contribution >= 0.6 is 0 Å². The molecule has 9 nitrogen and oxygen atoms in total.